The molecule has 21 heavy (non-hydrogen) atoms. The van der Waals surface area contributed by atoms with Gasteiger partial charge in [0.25, 0.3) is 5.91 Å². The molecule has 0 aliphatic heterocycles. The van der Waals surface area contributed by atoms with E-state index in [2.05, 4.69) is 5.32 Å². The topological polar surface area (TPSA) is 90.2 Å². The van der Waals surface area contributed by atoms with Crippen molar-refractivity contribution in [1.82, 2.24) is 0 Å². The summed E-state index contributed by atoms with van der Waals surface area (Å²) in [6.07, 6.45) is 0. The molecule has 0 aliphatic rings. The van der Waals surface area contributed by atoms with Crippen molar-refractivity contribution in [3.05, 3.63) is 64.2 Å². The molecular weight excluding hydrogens is 292 g/mol. The third-order valence-electron chi connectivity index (χ3n) is 2.72. The molecule has 2 rings (SSSR count). The monoisotopic (exact) mass is 300 g/mol. The molecule has 0 bridgehead atoms. The molecule has 0 unspecified atom stereocenters. The molecule has 0 heterocycles. The highest BCUT2D eigenvalue weighted by Crippen LogP contribution is 2.23. The van der Waals surface area contributed by atoms with Crippen molar-refractivity contribution in [3.63, 3.8) is 0 Å². The summed E-state index contributed by atoms with van der Waals surface area (Å²) in [5, 5.41) is 20.4. The molecule has 0 radical (unpaired) electrons. The minimum atomic E-state index is -1.11. The molecular formula is C15H9ClN2O3. The first-order chi connectivity index (χ1) is 10.0. The molecule has 0 saturated heterocycles. The lowest BCUT2D eigenvalue weighted by Crippen LogP contribution is -2.13. The first-order valence-electron chi connectivity index (χ1n) is 5.85. The third kappa shape index (κ3) is 3.38. The number of amides is 1. The third-order valence-corrected chi connectivity index (χ3v) is 3.03. The Hall–Kier alpha value is -2.84. The smallest absolute Gasteiger partial charge is 0.335 e. The SMILES string of the molecule is N#Cc1ccc(NC(=O)c2cccc(C(=O)O)c2)c(Cl)c1. The van der Waals surface area contributed by atoms with E-state index in [1.807, 2.05) is 6.07 Å². The number of carboxylic acids is 1. The number of anilines is 1. The Morgan fingerprint density at radius 1 is 1.14 bits per heavy atom. The van der Waals surface area contributed by atoms with E-state index < -0.39 is 11.9 Å². The highest BCUT2D eigenvalue weighted by atomic mass is 35.5. The molecule has 0 aliphatic carbocycles. The maximum atomic E-state index is 12.1. The Bertz CT molecular complexity index is 766. The predicted octanol–water partition coefficient (Wildman–Crippen LogP) is 3.16. The fourth-order valence-electron chi connectivity index (χ4n) is 1.67. The average molecular weight is 301 g/mol. The molecule has 1 amide bonds. The van der Waals surface area contributed by atoms with Crippen LogP contribution in [-0.4, -0.2) is 17.0 Å². The highest BCUT2D eigenvalue weighted by Gasteiger charge is 2.11. The van der Waals surface area contributed by atoms with Crippen LogP contribution in [0.4, 0.5) is 5.69 Å². The molecule has 0 aromatic heterocycles. The van der Waals surface area contributed by atoms with Gasteiger partial charge < -0.3 is 10.4 Å². The molecule has 6 heteroatoms. The molecule has 0 fully saturated rings. The van der Waals surface area contributed by atoms with Gasteiger partial charge in [-0.05, 0) is 36.4 Å². The number of benzene rings is 2. The van der Waals surface area contributed by atoms with E-state index >= 15 is 0 Å². The number of hydrogen-bond acceptors (Lipinski definition) is 3. The number of carboxylic acid groups (broad SMARTS) is 1. The molecule has 0 atom stereocenters. The van der Waals surface area contributed by atoms with E-state index in [0.717, 1.165) is 0 Å². The van der Waals surface area contributed by atoms with Gasteiger partial charge in [-0.3, -0.25) is 4.79 Å². The molecule has 2 aromatic carbocycles. The maximum absolute atomic E-state index is 12.1. The summed E-state index contributed by atoms with van der Waals surface area (Å²) in [4.78, 5) is 22.9. The second kappa shape index (κ2) is 6.07. The van der Waals surface area contributed by atoms with Crippen LogP contribution in [0.1, 0.15) is 26.3 Å². The zero-order valence-corrected chi connectivity index (χ0v) is 11.4. The highest BCUT2D eigenvalue weighted by molar-refractivity contribution is 6.34. The van der Waals surface area contributed by atoms with Gasteiger partial charge >= 0.3 is 5.97 Å². The number of nitriles is 1. The lowest BCUT2D eigenvalue weighted by Gasteiger charge is -2.08. The van der Waals surface area contributed by atoms with Crippen molar-refractivity contribution in [3.8, 4) is 6.07 Å². The summed E-state index contributed by atoms with van der Waals surface area (Å²) in [5.41, 5.74) is 0.955. The van der Waals surface area contributed by atoms with E-state index in [1.165, 1.54) is 42.5 Å². The normalized spacial score (nSPS) is 9.71. The van der Waals surface area contributed by atoms with Crippen LogP contribution >= 0.6 is 11.6 Å². The van der Waals surface area contributed by atoms with Crippen molar-refractivity contribution in [2.45, 2.75) is 0 Å². The van der Waals surface area contributed by atoms with Gasteiger partial charge in [-0.15, -0.1) is 0 Å². The zero-order valence-electron chi connectivity index (χ0n) is 10.6. The fourth-order valence-corrected chi connectivity index (χ4v) is 1.90. The Balaban J connectivity index is 2.24. The second-order valence-electron chi connectivity index (χ2n) is 4.15. The quantitative estimate of drug-likeness (QED) is 0.911. The van der Waals surface area contributed by atoms with Gasteiger partial charge in [-0.1, -0.05) is 17.7 Å². The van der Waals surface area contributed by atoms with Gasteiger partial charge in [0, 0.05) is 5.56 Å². The molecule has 0 saturated carbocycles. The van der Waals surface area contributed by atoms with Crippen LogP contribution in [0.2, 0.25) is 5.02 Å². The lowest BCUT2D eigenvalue weighted by atomic mass is 10.1. The summed E-state index contributed by atoms with van der Waals surface area (Å²) in [7, 11) is 0. The van der Waals surface area contributed by atoms with Crippen LogP contribution in [-0.2, 0) is 0 Å². The van der Waals surface area contributed by atoms with Crippen molar-refractivity contribution >= 4 is 29.2 Å². The van der Waals surface area contributed by atoms with E-state index in [9.17, 15) is 9.59 Å². The summed E-state index contributed by atoms with van der Waals surface area (Å²) >= 11 is 5.96. The van der Waals surface area contributed by atoms with Crippen molar-refractivity contribution in [1.29, 1.82) is 5.26 Å². The largest absolute Gasteiger partial charge is 0.478 e. The van der Waals surface area contributed by atoms with E-state index in [4.69, 9.17) is 22.0 Å². The van der Waals surface area contributed by atoms with E-state index in [1.54, 1.807) is 0 Å². The standard InChI is InChI=1S/C15H9ClN2O3/c16-12-6-9(8-17)4-5-13(12)18-14(19)10-2-1-3-11(7-10)15(20)21/h1-7H,(H,18,19)(H,20,21). The lowest BCUT2D eigenvalue weighted by molar-refractivity contribution is 0.0697. The van der Waals surface area contributed by atoms with Crippen molar-refractivity contribution < 1.29 is 14.7 Å². The number of hydrogen-bond donors (Lipinski definition) is 2. The number of carbonyl (C=O) groups excluding carboxylic acids is 1. The number of rotatable bonds is 3. The van der Waals surface area contributed by atoms with Gasteiger partial charge in [-0.2, -0.15) is 5.26 Å². The van der Waals surface area contributed by atoms with Crippen LogP contribution in [0.25, 0.3) is 0 Å². The summed E-state index contributed by atoms with van der Waals surface area (Å²) in [6.45, 7) is 0. The number of nitrogens with zero attached hydrogens (tertiary/aromatic N) is 1. The number of carbonyl (C=O) groups is 2. The predicted molar refractivity (Wildman–Crippen MR) is 77.5 cm³/mol. The Morgan fingerprint density at radius 2 is 1.86 bits per heavy atom. The van der Waals surface area contributed by atoms with Gasteiger partial charge in [0.2, 0.25) is 0 Å². The number of nitrogens with one attached hydrogen (secondary N) is 1. The van der Waals surface area contributed by atoms with Crippen LogP contribution in [0.15, 0.2) is 42.5 Å². The Morgan fingerprint density at radius 3 is 2.48 bits per heavy atom. The first-order valence-corrected chi connectivity index (χ1v) is 6.23. The minimum absolute atomic E-state index is 0.0218. The van der Waals surface area contributed by atoms with E-state index in [-0.39, 0.29) is 16.1 Å². The number of aromatic carboxylic acids is 1. The van der Waals surface area contributed by atoms with Crippen molar-refractivity contribution in [2.75, 3.05) is 5.32 Å². The van der Waals surface area contributed by atoms with E-state index in [0.29, 0.717) is 11.3 Å². The van der Waals surface area contributed by atoms with Gasteiger partial charge in [0.1, 0.15) is 0 Å². The minimum Gasteiger partial charge on any atom is -0.478 e. The summed E-state index contributed by atoms with van der Waals surface area (Å²) in [6, 6.07) is 12.1. The van der Waals surface area contributed by atoms with Crippen LogP contribution in [0.3, 0.4) is 0 Å². The van der Waals surface area contributed by atoms with Gasteiger partial charge in [-0.25, -0.2) is 4.79 Å². The van der Waals surface area contributed by atoms with Gasteiger partial charge in [0.15, 0.2) is 0 Å². The molecule has 2 aromatic rings. The maximum Gasteiger partial charge on any atom is 0.335 e. The molecule has 5 nitrogen and oxygen atoms in total. The first kappa shape index (κ1) is 14.6. The van der Waals surface area contributed by atoms with Crippen LogP contribution in [0.5, 0.6) is 0 Å². The summed E-state index contributed by atoms with van der Waals surface area (Å²) in [5.74, 6) is -1.59. The zero-order chi connectivity index (χ0) is 15.4. The second-order valence-corrected chi connectivity index (χ2v) is 4.55. The van der Waals surface area contributed by atoms with Gasteiger partial charge in [0.05, 0.1) is 27.9 Å². The molecule has 104 valence electrons. The number of halogens is 1. The molecule has 0 spiro atoms. The van der Waals surface area contributed by atoms with Crippen LogP contribution in [0, 0.1) is 11.3 Å². The molecule has 2 N–H and O–H groups in total. The summed E-state index contributed by atoms with van der Waals surface area (Å²) < 4.78 is 0. The van der Waals surface area contributed by atoms with Crippen molar-refractivity contribution in [2.24, 2.45) is 0 Å². The van der Waals surface area contributed by atoms with Crippen LogP contribution < -0.4 is 5.32 Å². The Labute approximate surface area is 125 Å². The Kier molecular flexibility index (Phi) is 4.21. The average Bonchev–Trinajstić information content (AvgIpc) is 2.49. The fraction of sp³-hybridized carbons (Fsp3) is 0.